The van der Waals surface area contributed by atoms with Gasteiger partial charge in [-0.05, 0) is 25.0 Å². The van der Waals surface area contributed by atoms with Gasteiger partial charge in [-0.2, -0.15) is 0 Å². The molecule has 0 unspecified atom stereocenters. The van der Waals surface area contributed by atoms with Gasteiger partial charge in [-0.1, -0.05) is 13.3 Å². The number of ether oxygens (including phenoxy) is 2. The zero-order valence-electron chi connectivity index (χ0n) is 16.0. The maximum absolute atomic E-state index is 12.6. The third-order valence-corrected chi connectivity index (χ3v) is 4.75. The highest BCUT2D eigenvalue weighted by Crippen LogP contribution is 2.33. The second-order valence-corrected chi connectivity index (χ2v) is 6.79. The van der Waals surface area contributed by atoms with Crippen molar-refractivity contribution < 1.29 is 9.47 Å². The zero-order chi connectivity index (χ0) is 19.3. The summed E-state index contributed by atoms with van der Waals surface area (Å²) in [6, 6.07) is 5.72. The summed E-state index contributed by atoms with van der Waals surface area (Å²) < 4.78 is 15.1. The SMILES string of the molecule is CCCc1c(Nc2ccc3c(c2)OCCO3)[nH]c(=O)n1CCCn1ccnc1. The number of anilines is 2. The molecule has 0 atom stereocenters. The molecule has 0 saturated carbocycles. The topological polar surface area (TPSA) is 86.1 Å². The van der Waals surface area contributed by atoms with Crippen LogP contribution in [0, 0.1) is 0 Å². The van der Waals surface area contributed by atoms with E-state index in [4.69, 9.17) is 9.47 Å². The number of hydrogen-bond donors (Lipinski definition) is 2. The first-order valence-corrected chi connectivity index (χ1v) is 9.68. The van der Waals surface area contributed by atoms with Crippen molar-refractivity contribution in [3.63, 3.8) is 0 Å². The molecule has 1 aliphatic heterocycles. The van der Waals surface area contributed by atoms with Crippen LogP contribution >= 0.6 is 0 Å². The van der Waals surface area contributed by atoms with E-state index in [-0.39, 0.29) is 5.69 Å². The van der Waals surface area contributed by atoms with Crippen molar-refractivity contribution in [3.05, 3.63) is 53.1 Å². The van der Waals surface area contributed by atoms with Crippen molar-refractivity contribution in [1.82, 2.24) is 19.1 Å². The highest BCUT2D eigenvalue weighted by Gasteiger charge is 2.16. The molecule has 2 N–H and O–H groups in total. The van der Waals surface area contributed by atoms with Crippen molar-refractivity contribution in [3.8, 4) is 11.5 Å². The molecular formula is C20H25N5O3. The van der Waals surface area contributed by atoms with Gasteiger partial charge in [0, 0.05) is 37.2 Å². The van der Waals surface area contributed by atoms with Crippen LogP contribution in [0.2, 0.25) is 0 Å². The number of nitrogens with one attached hydrogen (secondary N) is 2. The molecule has 148 valence electrons. The van der Waals surface area contributed by atoms with Crippen LogP contribution in [0.15, 0.2) is 41.7 Å². The first-order valence-electron chi connectivity index (χ1n) is 9.68. The lowest BCUT2D eigenvalue weighted by atomic mass is 10.2. The summed E-state index contributed by atoms with van der Waals surface area (Å²) in [5, 5.41) is 3.35. The number of aromatic nitrogens is 4. The molecule has 8 heteroatoms. The van der Waals surface area contributed by atoms with Gasteiger partial charge in [-0.15, -0.1) is 0 Å². The van der Waals surface area contributed by atoms with E-state index in [1.54, 1.807) is 12.5 Å². The minimum absolute atomic E-state index is 0.0888. The standard InChI is InChI=1S/C20H25N5O3/c1-2-4-16-19(22-15-5-6-17-18(13-15)28-12-11-27-17)23-20(26)25(16)9-3-8-24-10-7-21-14-24/h5-7,10,13-14,22H,2-4,8-9,11-12H2,1H3,(H,23,26). The Hall–Kier alpha value is -3.16. The second kappa shape index (κ2) is 8.24. The molecule has 28 heavy (non-hydrogen) atoms. The smallest absolute Gasteiger partial charge is 0.327 e. The molecule has 0 bridgehead atoms. The zero-order valence-corrected chi connectivity index (χ0v) is 16.0. The fourth-order valence-corrected chi connectivity index (χ4v) is 3.44. The average molecular weight is 383 g/mol. The number of benzene rings is 1. The quantitative estimate of drug-likeness (QED) is 0.625. The van der Waals surface area contributed by atoms with Crippen LogP contribution in [0.1, 0.15) is 25.5 Å². The van der Waals surface area contributed by atoms with E-state index in [1.807, 2.05) is 33.5 Å². The van der Waals surface area contributed by atoms with E-state index >= 15 is 0 Å². The molecule has 2 aromatic heterocycles. The maximum atomic E-state index is 12.6. The van der Waals surface area contributed by atoms with Crippen LogP contribution in [0.4, 0.5) is 11.5 Å². The lowest BCUT2D eigenvalue weighted by molar-refractivity contribution is 0.171. The molecule has 0 radical (unpaired) electrons. The molecule has 0 aliphatic carbocycles. The first-order chi connectivity index (χ1) is 13.7. The minimum Gasteiger partial charge on any atom is -0.486 e. The van der Waals surface area contributed by atoms with Crippen LogP contribution in [0.25, 0.3) is 0 Å². The molecule has 3 aromatic rings. The molecule has 0 fully saturated rings. The predicted octanol–water partition coefficient (Wildman–Crippen LogP) is 2.93. The lowest BCUT2D eigenvalue weighted by Gasteiger charge is -2.19. The third-order valence-electron chi connectivity index (χ3n) is 4.75. The number of H-pyrrole nitrogens is 1. The van der Waals surface area contributed by atoms with Gasteiger partial charge >= 0.3 is 5.69 Å². The molecule has 1 aromatic carbocycles. The Morgan fingerprint density at radius 1 is 1.21 bits per heavy atom. The van der Waals surface area contributed by atoms with E-state index in [2.05, 4.69) is 22.2 Å². The van der Waals surface area contributed by atoms with Gasteiger partial charge in [-0.25, -0.2) is 9.78 Å². The van der Waals surface area contributed by atoms with Crippen molar-refractivity contribution in [2.45, 2.75) is 39.3 Å². The molecule has 0 saturated heterocycles. The van der Waals surface area contributed by atoms with Crippen LogP contribution < -0.4 is 20.5 Å². The normalized spacial score (nSPS) is 12.9. The van der Waals surface area contributed by atoms with Gasteiger partial charge < -0.3 is 19.4 Å². The van der Waals surface area contributed by atoms with E-state index in [0.29, 0.717) is 19.8 Å². The number of rotatable bonds is 8. The minimum atomic E-state index is -0.0888. The number of nitrogens with zero attached hydrogens (tertiary/aromatic N) is 3. The van der Waals surface area contributed by atoms with Crippen LogP contribution in [-0.4, -0.2) is 32.3 Å². The van der Waals surface area contributed by atoms with Crippen molar-refractivity contribution in [2.24, 2.45) is 0 Å². The average Bonchev–Trinajstić information content (AvgIpc) is 3.32. The summed E-state index contributed by atoms with van der Waals surface area (Å²) in [4.78, 5) is 19.6. The third kappa shape index (κ3) is 3.90. The van der Waals surface area contributed by atoms with E-state index < -0.39 is 0 Å². The monoisotopic (exact) mass is 383 g/mol. The van der Waals surface area contributed by atoms with Crippen LogP contribution in [-0.2, 0) is 19.5 Å². The van der Waals surface area contributed by atoms with Crippen molar-refractivity contribution in [1.29, 1.82) is 0 Å². The Morgan fingerprint density at radius 3 is 2.86 bits per heavy atom. The molecule has 8 nitrogen and oxygen atoms in total. The maximum Gasteiger partial charge on any atom is 0.327 e. The van der Waals surface area contributed by atoms with Gasteiger partial charge in [-0.3, -0.25) is 9.55 Å². The van der Waals surface area contributed by atoms with E-state index in [1.165, 1.54) is 0 Å². The molecule has 4 rings (SSSR count). The van der Waals surface area contributed by atoms with E-state index in [9.17, 15) is 4.79 Å². The molecule has 3 heterocycles. The van der Waals surface area contributed by atoms with Gasteiger partial charge in [0.25, 0.3) is 0 Å². The fraction of sp³-hybridized carbons (Fsp3) is 0.400. The van der Waals surface area contributed by atoms with Gasteiger partial charge in [0.15, 0.2) is 11.5 Å². The predicted molar refractivity (Wildman–Crippen MR) is 107 cm³/mol. The van der Waals surface area contributed by atoms with Crippen molar-refractivity contribution >= 4 is 11.5 Å². The summed E-state index contributed by atoms with van der Waals surface area (Å²) in [6.07, 6.45) is 8.11. The van der Waals surface area contributed by atoms with Gasteiger partial charge in [0.2, 0.25) is 0 Å². The molecule has 0 spiro atoms. The first kappa shape index (κ1) is 18.2. The van der Waals surface area contributed by atoms with Crippen LogP contribution in [0.5, 0.6) is 11.5 Å². The van der Waals surface area contributed by atoms with Gasteiger partial charge in [0.05, 0.1) is 12.0 Å². The summed E-state index contributed by atoms with van der Waals surface area (Å²) in [6.45, 7) is 4.71. The Balaban J connectivity index is 1.52. The summed E-state index contributed by atoms with van der Waals surface area (Å²) in [5.41, 5.74) is 1.76. The Bertz CT molecular complexity index is 974. The largest absolute Gasteiger partial charge is 0.486 e. The number of aryl methyl sites for hydroxylation is 1. The summed E-state index contributed by atoms with van der Waals surface area (Å²) in [5.74, 6) is 2.21. The second-order valence-electron chi connectivity index (χ2n) is 6.79. The van der Waals surface area contributed by atoms with Gasteiger partial charge in [0.1, 0.15) is 19.0 Å². The van der Waals surface area contributed by atoms with Crippen molar-refractivity contribution in [2.75, 3.05) is 18.5 Å². The Morgan fingerprint density at radius 2 is 2.07 bits per heavy atom. The number of aromatic amines is 1. The van der Waals surface area contributed by atoms with Crippen LogP contribution in [0.3, 0.4) is 0 Å². The lowest BCUT2D eigenvalue weighted by Crippen LogP contribution is -2.19. The molecular weight excluding hydrogens is 358 g/mol. The Labute approximate surface area is 163 Å². The van der Waals surface area contributed by atoms with E-state index in [0.717, 1.165) is 54.5 Å². The Kier molecular flexibility index (Phi) is 5.36. The number of hydrogen-bond acceptors (Lipinski definition) is 5. The molecule has 1 aliphatic rings. The number of fused-ring (bicyclic) bond motifs is 1. The molecule has 0 amide bonds. The fourth-order valence-electron chi connectivity index (χ4n) is 3.44. The highest BCUT2D eigenvalue weighted by molar-refractivity contribution is 5.63. The summed E-state index contributed by atoms with van der Waals surface area (Å²) >= 11 is 0. The summed E-state index contributed by atoms with van der Waals surface area (Å²) in [7, 11) is 0. The number of imidazole rings is 2. The highest BCUT2D eigenvalue weighted by atomic mass is 16.6.